The fourth-order valence-corrected chi connectivity index (χ4v) is 4.76. The Morgan fingerprint density at radius 3 is 2.47 bits per heavy atom. The lowest BCUT2D eigenvalue weighted by molar-refractivity contribution is -0.146. The van der Waals surface area contributed by atoms with Gasteiger partial charge in [0.1, 0.15) is 5.54 Å². The number of carboxylic acids is 1. The first-order chi connectivity index (χ1) is 8.86. The zero-order valence-electron chi connectivity index (χ0n) is 11.3. The summed E-state index contributed by atoms with van der Waals surface area (Å²) in [4.78, 5) is 11.6. The largest absolute Gasteiger partial charge is 0.480 e. The first-order valence-corrected chi connectivity index (χ1v) is 8.32. The lowest BCUT2D eigenvalue weighted by atomic mass is 9.77. The number of hydrogen-bond acceptors (Lipinski definition) is 3. The fourth-order valence-electron chi connectivity index (χ4n) is 3.12. The van der Waals surface area contributed by atoms with E-state index in [-0.39, 0.29) is 5.92 Å². The third-order valence-electron chi connectivity index (χ3n) is 4.14. The van der Waals surface area contributed by atoms with Crippen molar-refractivity contribution < 1.29 is 18.3 Å². The highest BCUT2D eigenvalue weighted by molar-refractivity contribution is 7.87. The summed E-state index contributed by atoms with van der Waals surface area (Å²) in [7, 11) is -3.68. The lowest BCUT2D eigenvalue weighted by Gasteiger charge is -2.37. The zero-order chi connectivity index (χ0) is 14.1. The van der Waals surface area contributed by atoms with Gasteiger partial charge in [0.2, 0.25) is 0 Å². The number of rotatable bonds is 4. The second-order valence-corrected chi connectivity index (χ2v) is 7.47. The molecule has 1 aliphatic carbocycles. The average Bonchev–Trinajstić information content (AvgIpc) is 2.82. The SMILES string of the molecule is CC1CCCC(NS(=O)(=O)N2CCCC2)(C(=O)O)C1. The van der Waals surface area contributed by atoms with Gasteiger partial charge in [0.05, 0.1) is 0 Å². The van der Waals surface area contributed by atoms with Crippen molar-refractivity contribution in [2.75, 3.05) is 13.1 Å². The van der Waals surface area contributed by atoms with Gasteiger partial charge in [-0.15, -0.1) is 0 Å². The van der Waals surface area contributed by atoms with E-state index >= 15 is 0 Å². The van der Waals surface area contributed by atoms with E-state index in [0.717, 1.165) is 25.7 Å². The maximum absolute atomic E-state index is 12.3. The van der Waals surface area contributed by atoms with E-state index < -0.39 is 21.7 Å². The van der Waals surface area contributed by atoms with Crippen molar-refractivity contribution in [2.24, 2.45) is 5.92 Å². The summed E-state index contributed by atoms with van der Waals surface area (Å²) in [5.41, 5.74) is -1.32. The summed E-state index contributed by atoms with van der Waals surface area (Å²) in [6, 6.07) is 0. The van der Waals surface area contributed by atoms with Gasteiger partial charge in [0.25, 0.3) is 10.2 Å². The Bertz CT molecular complexity index is 445. The number of hydrogen-bond donors (Lipinski definition) is 2. The molecule has 1 aliphatic heterocycles. The van der Waals surface area contributed by atoms with Crippen LogP contribution in [0, 0.1) is 5.92 Å². The van der Waals surface area contributed by atoms with Gasteiger partial charge in [-0.05, 0) is 31.6 Å². The predicted molar refractivity (Wildman–Crippen MR) is 70.9 cm³/mol. The number of nitrogens with one attached hydrogen (secondary N) is 1. The fraction of sp³-hybridized carbons (Fsp3) is 0.917. The van der Waals surface area contributed by atoms with E-state index in [4.69, 9.17) is 0 Å². The Morgan fingerprint density at radius 2 is 1.95 bits per heavy atom. The third kappa shape index (κ3) is 3.09. The minimum Gasteiger partial charge on any atom is -0.480 e. The van der Waals surface area contributed by atoms with Gasteiger partial charge in [-0.3, -0.25) is 4.79 Å². The first kappa shape index (κ1) is 14.7. The standard InChI is InChI=1S/C12H22N2O4S/c1-10-5-4-6-12(9-10,11(15)16)13-19(17,18)14-7-2-3-8-14/h10,13H,2-9H2,1H3,(H,15,16). The van der Waals surface area contributed by atoms with Crippen molar-refractivity contribution in [1.82, 2.24) is 9.03 Å². The molecular formula is C12H22N2O4S. The molecule has 0 aromatic carbocycles. The molecule has 2 aliphatic rings. The first-order valence-electron chi connectivity index (χ1n) is 6.88. The van der Waals surface area contributed by atoms with Gasteiger partial charge < -0.3 is 5.11 Å². The Kier molecular flexibility index (Phi) is 4.17. The van der Waals surface area contributed by atoms with Gasteiger partial charge in [0.15, 0.2) is 0 Å². The smallest absolute Gasteiger partial charge is 0.324 e. The number of carbonyl (C=O) groups is 1. The van der Waals surface area contributed by atoms with Crippen LogP contribution in [0.4, 0.5) is 0 Å². The molecule has 2 rings (SSSR count). The van der Waals surface area contributed by atoms with Gasteiger partial charge in [-0.1, -0.05) is 19.8 Å². The molecule has 110 valence electrons. The van der Waals surface area contributed by atoms with Gasteiger partial charge in [-0.2, -0.15) is 17.4 Å². The highest BCUT2D eigenvalue weighted by Gasteiger charge is 2.46. The molecule has 0 aromatic rings. The van der Waals surface area contributed by atoms with Gasteiger partial charge >= 0.3 is 5.97 Å². The Hall–Kier alpha value is -0.660. The Balaban J connectivity index is 2.18. The molecule has 0 bridgehead atoms. The molecule has 2 atom stereocenters. The van der Waals surface area contributed by atoms with Crippen molar-refractivity contribution in [1.29, 1.82) is 0 Å². The van der Waals surface area contributed by atoms with Gasteiger partial charge in [0, 0.05) is 13.1 Å². The molecule has 1 saturated carbocycles. The second-order valence-electron chi connectivity index (χ2n) is 5.80. The summed E-state index contributed by atoms with van der Waals surface area (Å²) >= 11 is 0. The summed E-state index contributed by atoms with van der Waals surface area (Å²) in [6.45, 7) is 2.95. The normalized spacial score (nSPS) is 33.4. The monoisotopic (exact) mass is 290 g/mol. The third-order valence-corrected chi connectivity index (χ3v) is 5.83. The molecule has 2 unspecified atom stereocenters. The van der Waals surface area contributed by atoms with Crippen LogP contribution in [0.5, 0.6) is 0 Å². The summed E-state index contributed by atoms with van der Waals surface area (Å²) < 4.78 is 28.4. The molecule has 19 heavy (non-hydrogen) atoms. The van der Waals surface area contributed by atoms with Crippen LogP contribution in [0.3, 0.4) is 0 Å². The van der Waals surface area contributed by atoms with Crippen LogP contribution in [-0.2, 0) is 15.0 Å². The summed E-state index contributed by atoms with van der Waals surface area (Å²) in [5.74, 6) is -0.826. The van der Waals surface area contributed by atoms with Crippen LogP contribution in [0.2, 0.25) is 0 Å². The van der Waals surface area contributed by atoms with E-state index in [1.54, 1.807) is 0 Å². The lowest BCUT2D eigenvalue weighted by Crippen LogP contribution is -2.59. The Labute approximate surface area is 114 Å². The van der Waals surface area contributed by atoms with Crippen LogP contribution in [0.1, 0.15) is 45.4 Å². The van der Waals surface area contributed by atoms with E-state index in [1.165, 1.54) is 4.31 Å². The van der Waals surface area contributed by atoms with Crippen LogP contribution in [0.15, 0.2) is 0 Å². The molecule has 1 saturated heterocycles. The highest BCUT2D eigenvalue weighted by Crippen LogP contribution is 2.33. The quantitative estimate of drug-likeness (QED) is 0.807. The maximum atomic E-state index is 12.3. The predicted octanol–water partition coefficient (Wildman–Crippen LogP) is 0.950. The summed E-state index contributed by atoms with van der Waals surface area (Å²) in [5, 5.41) is 9.47. The van der Waals surface area contributed by atoms with Crippen molar-refractivity contribution in [3.63, 3.8) is 0 Å². The van der Waals surface area contributed by atoms with Crippen molar-refractivity contribution >= 4 is 16.2 Å². The van der Waals surface area contributed by atoms with Crippen LogP contribution in [0.25, 0.3) is 0 Å². The van der Waals surface area contributed by atoms with E-state index in [2.05, 4.69) is 4.72 Å². The summed E-state index contributed by atoms with van der Waals surface area (Å²) in [6.07, 6.45) is 4.14. The Morgan fingerprint density at radius 1 is 1.32 bits per heavy atom. The van der Waals surface area contributed by atoms with Crippen LogP contribution < -0.4 is 4.72 Å². The van der Waals surface area contributed by atoms with E-state index in [1.807, 2.05) is 6.92 Å². The molecule has 0 radical (unpaired) electrons. The molecule has 2 N–H and O–H groups in total. The van der Waals surface area contributed by atoms with Crippen molar-refractivity contribution in [3.8, 4) is 0 Å². The topological polar surface area (TPSA) is 86.7 Å². The van der Waals surface area contributed by atoms with Crippen molar-refractivity contribution in [3.05, 3.63) is 0 Å². The maximum Gasteiger partial charge on any atom is 0.324 e. The molecule has 2 fully saturated rings. The number of nitrogens with zero attached hydrogens (tertiary/aromatic N) is 1. The van der Waals surface area contributed by atoms with Crippen molar-refractivity contribution in [2.45, 2.75) is 51.0 Å². The average molecular weight is 290 g/mol. The molecule has 0 amide bonds. The van der Waals surface area contributed by atoms with Crippen LogP contribution >= 0.6 is 0 Å². The number of carboxylic acid groups (broad SMARTS) is 1. The molecule has 7 heteroatoms. The molecular weight excluding hydrogens is 268 g/mol. The van der Waals surface area contributed by atoms with E-state index in [0.29, 0.717) is 25.9 Å². The minimum absolute atomic E-state index is 0.228. The number of aliphatic carboxylic acids is 1. The molecule has 0 spiro atoms. The minimum atomic E-state index is -3.68. The van der Waals surface area contributed by atoms with E-state index in [9.17, 15) is 18.3 Å². The molecule has 6 nitrogen and oxygen atoms in total. The molecule has 1 heterocycles. The second kappa shape index (κ2) is 5.38. The highest BCUT2D eigenvalue weighted by atomic mass is 32.2. The van der Waals surface area contributed by atoms with Crippen LogP contribution in [-0.4, -0.2) is 42.4 Å². The zero-order valence-corrected chi connectivity index (χ0v) is 12.1. The van der Waals surface area contributed by atoms with Gasteiger partial charge in [-0.25, -0.2) is 0 Å². The molecule has 0 aromatic heterocycles.